The SMILES string of the molecule is Cc1ccc(N(C)C)c(NC=O)c1. The molecule has 1 amide bonds. The molecule has 3 heteroatoms. The Morgan fingerprint density at radius 1 is 1.38 bits per heavy atom. The molecule has 0 aliphatic heterocycles. The second-order valence-electron chi connectivity index (χ2n) is 3.18. The molecular weight excluding hydrogens is 164 g/mol. The topological polar surface area (TPSA) is 32.3 Å². The predicted molar refractivity (Wildman–Crippen MR) is 55.2 cm³/mol. The molecule has 3 nitrogen and oxygen atoms in total. The first-order valence-electron chi connectivity index (χ1n) is 4.13. The molecule has 0 fully saturated rings. The van der Waals surface area contributed by atoms with Gasteiger partial charge >= 0.3 is 0 Å². The van der Waals surface area contributed by atoms with Gasteiger partial charge in [0.15, 0.2) is 0 Å². The van der Waals surface area contributed by atoms with E-state index in [1.54, 1.807) is 0 Å². The van der Waals surface area contributed by atoms with E-state index in [0.29, 0.717) is 6.41 Å². The van der Waals surface area contributed by atoms with Crippen LogP contribution >= 0.6 is 0 Å². The average molecular weight is 178 g/mol. The van der Waals surface area contributed by atoms with Crippen molar-refractivity contribution in [2.75, 3.05) is 24.3 Å². The Kier molecular flexibility index (Phi) is 2.90. The maximum Gasteiger partial charge on any atom is 0.211 e. The van der Waals surface area contributed by atoms with E-state index in [2.05, 4.69) is 5.32 Å². The number of benzene rings is 1. The van der Waals surface area contributed by atoms with Gasteiger partial charge in [-0.2, -0.15) is 0 Å². The summed E-state index contributed by atoms with van der Waals surface area (Å²) in [5.74, 6) is 0. The van der Waals surface area contributed by atoms with Gasteiger partial charge in [0.25, 0.3) is 0 Å². The Labute approximate surface area is 78.4 Å². The highest BCUT2D eigenvalue weighted by Crippen LogP contribution is 2.24. The summed E-state index contributed by atoms with van der Waals surface area (Å²) in [4.78, 5) is 12.3. The van der Waals surface area contributed by atoms with Crippen molar-refractivity contribution in [3.63, 3.8) is 0 Å². The van der Waals surface area contributed by atoms with E-state index >= 15 is 0 Å². The quantitative estimate of drug-likeness (QED) is 0.713. The first-order valence-corrected chi connectivity index (χ1v) is 4.13. The first kappa shape index (κ1) is 9.58. The van der Waals surface area contributed by atoms with Gasteiger partial charge in [0.05, 0.1) is 11.4 Å². The van der Waals surface area contributed by atoms with E-state index in [-0.39, 0.29) is 0 Å². The number of anilines is 2. The summed E-state index contributed by atoms with van der Waals surface area (Å²) in [5, 5.41) is 2.68. The molecule has 0 saturated carbocycles. The smallest absolute Gasteiger partial charge is 0.211 e. The Balaban J connectivity index is 3.10. The summed E-state index contributed by atoms with van der Waals surface area (Å²) < 4.78 is 0. The van der Waals surface area contributed by atoms with E-state index in [0.717, 1.165) is 16.9 Å². The zero-order valence-corrected chi connectivity index (χ0v) is 8.16. The van der Waals surface area contributed by atoms with E-state index in [1.165, 1.54) is 0 Å². The van der Waals surface area contributed by atoms with Crippen LogP contribution in [-0.4, -0.2) is 20.5 Å². The molecule has 0 unspecified atom stereocenters. The van der Waals surface area contributed by atoms with Crippen molar-refractivity contribution in [2.45, 2.75) is 6.92 Å². The second-order valence-corrected chi connectivity index (χ2v) is 3.18. The van der Waals surface area contributed by atoms with Crippen molar-refractivity contribution >= 4 is 17.8 Å². The van der Waals surface area contributed by atoms with Crippen LogP contribution in [0, 0.1) is 6.92 Å². The highest BCUT2D eigenvalue weighted by atomic mass is 16.1. The van der Waals surface area contributed by atoms with Crippen LogP contribution < -0.4 is 10.2 Å². The van der Waals surface area contributed by atoms with E-state index in [1.807, 2.05) is 44.1 Å². The molecule has 1 N–H and O–H groups in total. The molecule has 1 rings (SSSR count). The Bertz CT molecular complexity index is 308. The molecule has 0 aliphatic rings. The van der Waals surface area contributed by atoms with Gasteiger partial charge in [-0.15, -0.1) is 0 Å². The molecule has 13 heavy (non-hydrogen) atoms. The minimum Gasteiger partial charge on any atom is -0.376 e. The Morgan fingerprint density at radius 2 is 2.08 bits per heavy atom. The van der Waals surface area contributed by atoms with Gasteiger partial charge < -0.3 is 10.2 Å². The Hall–Kier alpha value is -1.51. The third kappa shape index (κ3) is 2.21. The summed E-state index contributed by atoms with van der Waals surface area (Å²) in [6.07, 6.45) is 0.696. The van der Waals surface area contributed by atoms with Crippen LogP contribution in [0.15, 0.2) is 18.2 Å². The van der Waals surface area contributed by atoms with Crippen LogP contribution in [0.5, 0.6) is 0 Å². The van der Waals surface area contributed by atoms with Crippen LogP contribution in [-0.2, 0) is 4.79 Å². The van der Waals surface area contributed by atoms with Crippen LogP contribution in [0.2, 0.25) is 0 Å². The van der Waals surface area contributed by atoms with E-state index < -0.39 is 0 Å². The molecule has 0 radical (unpaired) electrons. The molecule has 0 atom stereocenters. The zero-order valence-electron chi connectivity index (χ0n) is 8.16. The summed E-state index contributed by atoms with van der Waals surface area (Å²) >= 11 is 0. The summed E-state index contributed by atoms with van der Waals surface area (Å²) in [5.41, 5.74) is 2.99. The molecule has 0 aromatic heterocycles. The number of amides is 1. The van der Waals surface area contributed by atoms with Crippen LogP contribution in [0.3, 0.4) is 0 Å². The highest BCUT2D eigenvalue weighted by Gasteiger charge is 2.02. The third-order valence-electron chi connectivity index (χ3n) is 1.85. The zero-order chi connectivity index (χ0) is 9.84. The monoisotopic (exact) mass is 178 g/mol. The van der Waals surface area contributed by atoms with Crippen molar-refractivity contribution in [3.05, 3.63) is 23.8 Å². The van der Waals surface area contributed by atoms with E-state index in [4.69, 9.17) is 0 Å². The van der Waals surface area contributed by atoms with Crippen molar-refractivity contribution in [2.24, 2.45) is 0 Å². The lowest BCUT2D eigenvalue weighted by Crippen LogP contribution is -2.11. The number of carbonyl (C=O) groups is 1. The number of rotatable bonds is 3. The fourth-order valence-corrected chi connectivity index (χ4v) is 1.22. The number of nitrogens with zero attached hydrogens (tertiary/aromatic N) is 1. The minimum absolute atomic E-state index is 0.696. The van der Waals surface area contributed by atoms with Gasteiger partial charge in [-0.1, -0.05) is 6.07 Å². The number of hydrogen-bond donors (Lipinski definition) is 1. The standard InChI is InChI=1S/C10H14N2O/c1-8-4-5-10(12(2)3)9(6-8)11-7-13/h4-7H,1-3H3,(H,11,13). The molecule has 0 aliphatic carbocycles. The number of aryl methyl sites for hydroxylation is 1. The van der Waals surface area contributed by atoms with Crippen molar-refractivity contribution in [1.82, 2.24) is 0 Å². The normalized spacial score (nSPS) is 9.46. The lowest BCUT2D eigenvalue weighted by molar-refractivity contribution is -0.105. The van der Waals surface area contributed by atoms with E-state index in [9.17, 15) is 4.79 Å². The van der Waals surface area contributed by atoms with Crippen LogP contribution in [0.4, 0.5) is 11.4 Å². The number of nitrogens with one attached hydrogen (secondary N) is 1. The van der Waals surface area contributed by atoms with Crippen molar-refractivity contribution in [3.8, 4) is 0 Å². The largest absolute Gasteiger partial charge is 0.376 e. The summed E-state index contributed by atoms with van der Waals surface area (Å²) in [6, 6.07) is 5.95. The maximum atomic E-state index is 10.3. The molecule has 0 bridgehead atoms. The predicted octanol–water partition coefficient (Wildman–Crippen LogP) is 1.63. The van der Waals surface area contributed by atoms with Gasteiger partial charge in [0, 0.05) is 14.1 Å². The molecule has 0 saturated heterocycles. The van der Waals surface area contributed by atoms with Crippen molar-refractivity contribution < 1.29 is 4.79 Å². The van der Waals surface area contributed by atoms with Gasteiger partial charge in [-0.3, -0.25) is 4.79 Å². The summed E-state index contributed by atoms with van der Waals surface area (Å²) in [7, 11) is 3.89. The van der Waals surface area contributed by atoms with Crippen molar-refractivity contribution in [1.29, 1.82) is 0 Å². The van der Waals surface area contributed by atoms with Gasteiger partial charge in [0.2, 0.25) is 6.41 Å². The maximum absolute atomic E-state index is 10.3. The van der Waals surface area contributed by atoms with Gasteiger partial charge in [-0.05, 0) is 24.6 Å². The average Bonchev–Trinajstić information content (AvgIpc) is 2.04. The lowest BCUT2D eigenvalue weighted by Gasteiger charge is -2.16. The second kappa shape index (κ2) is 3.94. The molecule has 70 valence electrons. The lowest BCUT2D eigenvalue weighted by atomic mass is 10.2. The fraction of sp³-hybridized carbons (Fsp3) is 0.300. The van der Waals surface area contributed by atoms with Crippen LogP contribution in [0.1, 0.15) is 5.56 Å². The van der Waals surface area contributed by atoms with Gasteiger partial charge in [0.1, 0.15) is 0 Å². The molecule has 1 aromatic carbocycles. The Morgan fingerprint density at radius 3 is 2.62 bits per heavy atom. The molecule has 0 spiro atoms. The molecule has 0 heterocycles. The molecular formula is C10H14N2O. The molecule has 1 aromatic rings. The minimum atomic E-state index is 0.696. The number of hydrogen-bond acceptors (Lipinski definition) is 2. The summed E-state index contributed by atoms with van der Waals surface area (Å²) in [6.45, 7) is 2.00. The first-order chi connectivity index (χ1) is 6.15. The van der Waals surface area contributed by atoms with Gasteiger partial charge in [-0.25, -0.2) is 0 Å². The third-order valence-corrected chi connectivity index (χ3v) is 1.85. The fourth-order valence-electron chi connectivity index (χ4n) is 1.22. The number of carbonyl (C=O) groups excluding carboxylic acids is 1. The van der Waals surface area contributed by atoms with Crippen LogP contribution in [0.25, 0.3) is 0 Å². The highest BCUT2D eigenvalue weighted by molar-refractivity contribution is 5.81.